The van der Waals surface area contributed by atoms with Gasteiger partial charge in [0, 0.05) is 38.5 Å². The topological polar surface area (TPSA) is 80.8 Å². The normalized spacial score (nSPS) is 16.5. The highest BCUT2D eigenvalue weighted by atomic mass is 32.2. The van der Waals surface area contributed by atoms with Gasteiger partial charge in [0.2, 0.25) is 6.41 Å². The van der Waals surface area contributed by atoms with Crippen LogP contribution in [0.25, 0.3) is 0 Å². The largest absolute Gasteiger partial charge is 0.760 e. The molecule has 1 atom stereocenters. The van der Waals surface area contributed by atoms with Crippen molar-refractivity contribution in [1.29, 1.82) is 0 Å². The lowest BCUT2D eigenvalue weighted by Gasteiger charge is -2.15. The molecule has 1 amide bonds. The van der Waals surface area contributed by atoms with E-state index in [2.05, 4.69) is 0 Å². The first-order chi connectivity index (χ1) is 7.07. The molecule has 0 aromatic carbocycles. The number of carbonyl (C=O) groups is 2. The summed E-state index contributed by atoms with van der Waals surface area (Å²) in [6, 6.07) is 0. The average Bonchev–Trinajstić information content (AvgIpc) is 2.75. The second-order valence-corrected chi connectivity index (χ2v) is 3.87. The summed E-state index contributed by atoms with van der Waals surface area (Å²) in [5.41, 5.74) is 0. The molecule has 0 aliphatic carbocycles. The van der Waals surface area contributed by atoms with Crippen molar-refractivity contribution in [1.82, 2.24) is 9.21 Å². The number of carbonyl (C=O) groups excluding carboxylic acids is 2. The zero-order chi connectivity index (χ0) is 12.3. The molecule has 0 aromatic heterocycles. The molecular formula is C8H17N2O4S-. The second-order valence-electron chi connectivity index (χ2n) is 2.92. The molecule has 7 heteroatoms. The summed E-state index contributed by atoms with van der Waals surface area (Å²) in [7, 11) is 3.38. The van der Waals surface area contributed by atoms with Gasteiger partial charge in [0.05, 0.1) is 0 Å². The maximum Gasteiger partial charge on any atom is 0.209 e. The molecule has 1 unspecified atom stereocenters. The van der Waals surface area contributed by atoms with Gasteiger partial charge in [-0.2, -0.15) is 0 Å². The van der Waals surface area contributed by atoms with Crippen LogP contribution in [-0.2, 0) is 20.9 Å². The second kappa shape index (κ2) is 11.3. The quantitative estimate of drug-likeness (QED) is 0.474. The maximum absolute atomic E-state index is 10.1. The fraction of sp³-hybridized carbons (Fsp3) is 0.750. The Hall–Kier alpha value is -0.790. The molecule has 1 fully saturated rings. The third kappa shape index (κ3) is 11.1. The zero-order valence-corrected chi connectivity index (χ0v) is 9.87. The van der Waals surface area contributed by atoms with Crippen LogP contribution in [0, 0.1) is 0 Å². The van der Waals surface area contributed by atoms with E-state index in [1.165, 1.54) is 9.21 Å². The number of rotatable bonds is 2. The van der Waals surface area contributed by atoms with Gasteiger partial charge in [-0.1, -0.05) is 0 Å². The number of nitrogens with zero attached hydrogens (tertiary/aromatic N) is 2. The molecule has 1 heterocycles. The van der Waals surface area contributed by atoms with Crippen LogP contribution >= 0.6 is 0 Å². The molecule has 1 aliphatic rings. The molecule has 15 heavy (non-hydrogen) atoms. The van der Waals surface area contributed by atoms with E-state index in [-0.39, 0.29) is 0 Å². The van der Waals surface area contributed by atoms with Crippen LogP contribution in [0.15, 0.2) is 0 Å². The predicted molar refractivity (Wildman–Crippen MR) is 56.6 cm³/mol. The Morgan fingerprint density at radius 1 is 1.33 bits per heavy atom. The Morgan fingerprint density at radius 2 is 1.67 bits per heavy atom. The number of amides is 1. The van der Waals surface area contributed by atoms with Crippen LogP contribution in [0.3, 0.4) is 0 Å². The van der Waals surface area contributed by atoms with Gasteiger partial charge in [-0.15, -0.1) is 0 Å². The van der Waals surface area contributed by atoms with Crippen molar-refractivity contribution in [2.45, 2.75) is 12.8 Å². The summed E-state index contributed by atoms with van der Waals surface area (Å²) < 4.78 is 21.7. The fourth-order valence-electron chi connectivity index (χ4n) is 0.837. The minimum atomic E-state index is -1.96. The summed E-state index contributed by atoms with van der Waals surface area (Å²) in [4.78, 5) is 18.9. The minimum absolute atomic E-state index is 0.718. The summed E-state index contributed by atoms with van der Waals surface area (Å²) in [5.74, 6) is 0. The van der Waals surface area contributed by atoms with E-state index in [0.29, 0.717) is 0 Å². The standard InChI is InChI=1S/C4H9NO2S.C3H7NO.CH2O/c6-8(7)5-3-1-2-4-5;1-4(2)3-5;1-2/h1-4H2,(H,6,7);3H,1-2H3;1H2/p-1. The van der Waals surface area contributed by atoms with Crippen LogP contribution in [0.2, 0.25) is 0 Å². The van der Waals surface area contributed by atoms with Crippen LogP contribution in [0.4, 0.5) is 0 Å². The molecule has 1 saturated heterocycles. The van der Waals surface area contributed by atoms with Gasteiger partial charge in [0.1, 0.15) is 6.79 Å². The molecule has 0 N–H and O–H groups in total. The van der Waals surface area contributed by atoms with Gasteiger partial charge in [0.25, 0.3) is 0 Å². The molecule has 0 spiro atoms. The molecule has 1 aliphatic heterocycles. The van der Waals surface area contributed by atoms with Gasteiger partial charge in [-0.05, 0) is 12.8 Å². The highest BCUT2D eigenvalue weighted by molar-refractivity contribution is 7.76. The van der Waals surface area contributed by atoms with Crippen molar-refractivity contribution in [2.75, 3.05) is 27.2 Å². The highest BCUT2D eigenvalue weighted by Gasteiger charge is 2.10. The summed E-state index contributed by atoms with van der Waals surface area (Å²) in [6.07, 6.45) is 2.79. The lowest BCUT2D eigenvalue weighted by atomic mass is 10.4. The van der Waals surface area contributed by atoms with Crippen LogP contribution in [-0.4, -0.2) is 58.4 Å². The highest BCUT2D eigenvalue weighted by Crippen LogP contribution is 2.07. The Labute approximate surface area is 92.7 Å². The SMILES string of the molecule is C=O.CN(C)C=O.O=S([O-])N1CCCC1. The first-order valence-electron chi connectivity index (χ1n) is 4.33. The monoisotopic (exact) mass is 237 g/mol. The smallest absolute Gasteiger partial charge is 0.209 e. The van der Waals surface area contributed by atoms with E-state index in [0.717, 1.165) is 32.3 Å². The Morgan fingerprint density at radius 3 is 1.80 bits per heavy atom. The first-order valence-corrected chi connectivity index (χ1v) is 5.36. The Balaban J connectivity index is 0. The average molecular weight is 237 g/mol. The van der Waals surface area contributed by atoms with Crippen molar-refractivity contribution < 1.29 is 18.4 Å². The van der Waals surface area contributed by atoms with E-state index < -0.39 is 11.3 Å². The predicted octanol–water partition coefficient (Wildman–Crippen LogP) is -0.604. The molecule has 6 nitrogen and oxygen atoms in total. The van der Waals surface area contributed by atoms with E-state index in [1.807, 2.05) is 6.79 Å². The van der Waals surface area contributed by atoms with Gasteiger partial charge >= 0.3 is 0 Å². The summed E-state index contributed by atoms with van der Waals surface area (Å²) in [6.45, 7) is 3.44. The van der Waals surface area contributed by atoms with Crippen LogP contribution < -0.4 is 0 Å². The lowest BCUT2D eigenvalue weighted by Crippen LogP contribution is -2.20. The first kappa shape index (κ1) is 16.6. The Bertz CT molecular complexity index is 183. The van der Waals surface area contributed by atoms with E-state index in [4.69, 9.17) is 4.79 Å². The van der Waals surface area contributed by atoms with Crippen LogP contribution in [0.5, 0.6) is 0 Å². The fourth-order valence-corrected chi connectivity index (χ4v) is 1.39. The number of hydrogen-bond acceptors (Lipinski definition) is 4. The van der Waals surface area contributed by atoms with Crippen molar-refractivity contribution in [2.24, 2.45) is 0 Å². The van der Waals surface area contributed by atoms with E-state index in [1.54, 1.807) is 14.1 Å². The molecule has 0 saturated carbocycles. The third-order valence-electron chi connectivity index (χ3n) is 1.49. The molecular weight excluding hydrogens is 220 g/mol. The van der Waals surface area contributed by atoms with Gasteiger partial charge in [-0.25, -0.2) is 4.31 Å². The number of hydrogen-bond donors (Lipinski definition) is 0. The Kier molecular flexibility index (Phi) is 12.5. The van der Waals surface area contributed by atoms with Crippen molar-refractivity contribution >= 4 is 24.5 Å². The molecule has 1 rings (SSSR count). The summed E-state index contributed by atoms with van der Waals surface area (Å²) in [5, 5.41) is 0. The van der Waals surface area contributed by atoms with Crippen molar-refractivity contribution in [3.8, 4) is 0 Å². The maximum atomic E-state index is 10.1. The van der Waals surface area contributed by atoms with E-state index in [9.17, 15) is 13.6 Å². The lowest BCUT2D eigenvalue weighted by molar-refractivity contribution is -0.115. The molecule has 0 radical (unpaired) electrons. The molecule has 90 valence electrons. The summed E-state index contributed by atoms with van der Waals surface area (Å²) >= 11 is -1.96. The van der Waals surface area contributed by atoms with Gasteiger partial charge < -0.3 is 14.2 Å². The molecule has 0 aromatic rings. The van der Waals surface area contributed by atoms with Gasteiger partial charge in [-0.3, -0.25) is 9.00 Å². The van der Waals surface area contributed by atoms with E-state index >= 15 is 0 Å². The molecule has 0 bridgehead atoms. The minimum Gasteiger partial charge on any atom is -0.760 e. The van der Waals surface area contributed by atoms with Gasteiger partial charge in [0.15, 0.2) is 0 Å². The third-order valence-corrected chi connectivity index (χ3v) is 2.27. The zero-order valence-electron chi connectivity index (χ0n) is 9.05. The van der Waals surface area contributed by atoms with Crippen molar-refractivity contribution in [3.05, 3.63) is 0 Å². The van der Waals surface area contributed by atoms with Crippen molar-refractivity contribution in [3.63, 3.8) is 0 Å². The van der Waals surface area contributed by atoms with Crippen LogP contribution in [0.1, 0.15) is 12.8 Å².